The average Bonchev–Trinajstić information content (AvgIpc) is 3.07. The Bertz CT molecular complexity index is 564. The predicted octanol–water partition coefficient (Wildman–Crippen LogP) is 1.42. The summed E-state index contributed by atoms with van der Waals surface area (Å²) >= 11 is 0. The number of nitrogens with zero attached hydrogens (tertiary/aromatic N) is 2. The normalized spacial score (nSPS) is 19.8. The minimum absolute atomic E-state index is 0.00764. The summed E-state index contributed by atoms with van der Waals surface area (Å²) in [5.41, 5.74) is 0. The van der Waals surface area contributed by atoms with Gasteiger partial charge in [0.15, 0.2) is 0 Å². The van der Waals surface area contributed by atoms with Crippen LogP contribution in [0.1, 0.15) is 31.4 Å². The van der Waals surface area contributed by atoms with E-state index >= 15 is 0 Å². The molecule has 1 saturated carbocycles. The molecule has 1 aromatic heterocycles. The lowest BCUT2D eigenvalue weighted by atomic mass is 10.2. The SMILES string of the molecule is COCC(=O)N(CC(=O)N(Cc1ccco1)C[C@H]1CCCO1)C1CC1. The molecular formula is C18H26N2O5. The first-order chi connectivity index (χ1) is 12.2. The number of carbonyl (C=O) groups excluding carboxylic acids is 2. The lowest BCUT2D eigenvalue weighted by Gasteiger charge is -2.28. The maximum absolute atomic E-state index is 12.9. The number of amides is 2. The van der Waals surface area contributed by atoms with E-state index in [1.165, 1.54) is 7.11 Å². The summed E-state index contributed by atoms with van der Waals surface area (Å²) in [6, 6.07) is 3.83. The molecule has 0 unspecified atom stereocenters. The molecule has 0 bridgehead atoms. The van der Waals surface area contributed by atoms with Gasteiger partial charge in [0, 0.05) is 26.3 Å². The highest BCUT2D eigenvalue weighted by molar-refractivity contribution is 5.86. The van der Waals surface area contributed by atoms with Gasteiger partial charge < -0.3 is 23.7 Å². The molecule has 0 radical (unpaired) electrons. The lowest BCUT2D eigenvalue weighted by Crippen LogP contribution is -2.46. The van der Waals surface area contributed by atoms with Gasteiger partial charge in [-0.05, 0) is 37.8 Å². The van der Waals surface area contributed by atoms with Crippen LogP contribution in [-0.4, -0.2) is 67.2 Å². The predicted molar refractivity (Wildman–Crippen MR) is 89.7 cm³/mol. The summed E-state index contributed by atoms with van der Waals surface area (Å²) in [6.07, 6.45) is 5.54. The van der Waals surface area contributed by atoms with Gasteiger partial charge in [0.2, 0.25) is 11.8 Å². The van der Waals surface area contributed by atoms with Gasteiger partial charge in [-0.3, -0.25) is 9.59 Å². The van der Waals surface area contributed by atoms with Crippen molar-refractivity contribution in [2.75, 3.05) is 33.4 Å². The molecular weight excluding hydrogens is 324 g/mol. The number of hydrogen-bond acceptors (Lipinski definition) is 5. The number of ether oxygens (including phenoxy) is 2. The Kier molecular flexibility index (Phi) is 6.09. The van der Waals surface area contributed by atoms with E-state index in [4.69, 9.17) is 13.9 Å². The summed E-state index contributed by atoms with van der Waals surface area (Å²) in [5.74, 6) is 0.518. The zero-order valence-electron chi connectivity index (χ0n) is 14.7. The molecule has 1 aromatic rings. The Morgan fingerprint density at radius 3 is 2.72 bits per heavy atom. The van der Waals surface area contributed by atoms with Crippen LogP contribution in [0.3, 0.4) is 0 Å². The van der Waals surface area contributed by atoms with Crippen molar-refractivity contribution >= 4 is 11.8 Å². The van der Waals surface area contributed by atoms with E-state index in [2.05, 4.69) is 0 Å². The van der Waals surface area contributed by atoms with Crippen LogP contribution >= 0.6 is 0 Å². The Morgan fingerprint density at radius 2 is 2.12 bits per heavy atom. The third-order valence-electron chi connectivity index (χ3n) is 4.61. The summed E-state index contributed by atoms with van der Waals surface area (Å²) in [5, 5.41) is 0. The van der Waals surface area contributed by atoms with Crippen LogP contribution in [0, 0.1) is 0 Å². The summed E-state index contributed by atoms with van der Waals surface area (Å²) in [4.78, 5) is 28.5. The fourth-order valence-electron chi connectivity index (χ4n) is 3.14. The van der Waals surface area contributed by atoms with Crippen LogP contribution in [0.15, 0.2) is 22.8 Å². The van der Waals surface area contributed by atoms with Crippen molar-refractivity contribution in [2.24, 2.45) is 0 Å². The molecule has 7 heteroatoms. The summed E-state index contributed by atoms with van der Waals surface area (Å²) in [7, 11) is 1.49. The van der Waals surface area contributed by atoms with Crippen LogP contribution in [-0.2, 0) is 25.6 Å². The number of carbonyl (C=O) groups is 2. The molecule has 1 aliphatic heterocycles. The molecule has 1 aliphatic carbocycles. The van der Waals surface area contributed by atoms with Crippen LogP contribution < -0.4 is 0 Å². The third kappa shape index (κ3) is 5.06. The molecule has 0 N–H and O–H groups in total. The second kappa shape index (κ2) is 8.49. The Morgan fingerprint density at radius 1 is 1.28 bits per heavy atom. The molecule has 2 heterocycles. The summed E-state index contributed by atoms with van der Waals surface area (Å²) in [6.45, 7) is 1.75. The second-order valence-electron chi connectivity index (χ2n) is 6.67. The molecule has 25 heavy (non-hydrogen) atoms. The molecule has 0 aromatic carbocycles. The van der Waals surface area contributed by atoms with Crippen molar-refractivity contribution in [3.8, 4) is 0 Å². The largest absolute Gasteiger partial charge is 0.467 e. The van der Waals surface area contributed by atoms with Gasteiger partial charge in [-0.15, -0.1) is 0 Å². The highest BCUT2D eigenvalue weighted by Crippen LogP contribution is 2.27. The van der Waals surface area contributed by atoms with Crippen LogP contribution in [0.4, 0.5) is 0 Å². The highest BCUT2D eigenvalue weighted by atomic mass is 16.5. The molecule has 2 amide bonds. The minimum Gasteiger partial charge on any atom is -0.467 e. The molecule has 138 valence electrons. The van der Waals surface area contributed by atoms with Crippen molar-refractivity contribution in [3.05, 3.63) is 24.2 Å². The van der Waals surface area contributed by atoms with E-state index in [0.717, 1.165) is 38.1 Å². The quantitative estimate of drug-likeness (QED) is 0.674. The van der Waals surface area contributed by atoms with Gasteiger partial charge in [-0.25, -0.2) is 0 Å². The fraction of sp³-hybridized carbons (Fsp3) is 0.667. The van der Waals surface area contributed by atoms with E-state index in [1.54, 1.807) is 16.1 Å². The van der Waals surface area contributed by atoms with E-state index in [1.807, 2.05) is 12.1 Å². The van der Waals surface area contributed by atoms with Gasteiger partial charge in [-0.1, -0.05) is 0 Å². The Balaban J connectivity index is 1.64. The topological polar surface area (TPSA) is 72.2 Å². The van der Waals surface area contributed by atoms with E-state index in [0.29, 0.717) is 13.1 Å². The van der Waals surface area contributed by atoms with Gasteiger partial charge in [0.25, 0.3) is 0 Å². The standard InChI is InChI=1S/C18H26N2O5/c1-23-13-18(22)20(14-6-7-14)12-17(21)19(10-15-4-2-8-24-15)11-16-5-3-9-25-16/h2,4,8,14,16H,3,5-7,9-13H2,1H3/t16-/m1/s1. The highest BCUT2D eigenvalue weighted by Gasteiger charge is 2.35. The first-order valence-corrected chi connectivity index (χ1v) is 8.87. The van der Waals surface area contributed by atoms with Gasteiger partial charge in [0.05, 0.1) is 18.9 Å². The van der Waals surface area contributed by atoms with Crippen molar-refractivity contribution in [1.29, 1.82) is 0 Å². The summed E-state index contributed by atoms with van der Waals surface area (Å²) < 4.78 is 16.0. The first kappa shape index (κ1) is 17.9. The number of hydrogen-bond donors (Lipinski definition) is 0. The maximum atomic E-state index is 12.9. The average molecular weight is 350 g/mol. The Labute approximate surface area is 147 Å². The van der Waals surface area contributed by atoms with Crippen molar-refractivity contribution in [3.63, 3.8) is 0 Å². The van der Waals surface area contributed by atoms with E-state index in [-0.39, 0.29) is 37.1 Å². The Hall–Kier alpha value is -1.86. The van der Waals surface area contributed by atoms with Gasteiger partial charge >= 0.3 is 0 Å². The zero-order valence-corrected chi connectivity index (χ0v) is 14.7. The molecule has 2 aliphatic rings. The van der Waals surface area contributed by atoms with Crippen molar-refractivity contribution in [2.45, 2.75) is 44.4 Å². The smallest absolute Gasteiger partial charge is 0.249 e. The van der Waals surface area contributed by atoms with Crippen molar-refractivity contribution < 1.29 is 23.5 Å². The lowest BCUT2D eigenvalue weighted by molar-refractivity contribution is -0.144. The fourth-order valence-corrected chi connectivity index (χ4v) is 3.14. The molecule has 2 fully saturated rings. The second-order valence-corrected chi connectivity index (χ2v) is 6.67. The molecule has 1 atom stereocenters. The number of methoxy groups -OCH3 is 1. The zero-order chi connectivity index (χ0) is 17.6. The monoisotopic (exact) mass is 350 g/mol. The maximum Gasteiger partial charge on any atom is 0.249 e. The van der Waals surface area contributed by atoms with E-state index in [9.17, 15) is 9.59 Å². The minimum atomic E-state index is -0.131. The molecule has 1 saturated heterocycles. The number of furan rings is 1. The van der Waals surface area contributed by atoms with Gasteiger partial charge in [0.1, 0.15) is 18.9 Å². The molecule has 0 spiro atoms. The number of rotatable bonds is 9. The molecule has 3 rings (SSSR count). The first-order valence-electron chi connectivity index (χ1n) is 8.87. The van der Waals surface area contributed by atoms with Crippen LogP contribution in [0.25, 0.3) is 0 Å². The van der Waals surface area contributed by atoms with Gasteiger partial charge in [-0.2, -0.15) is 0 Å². The third-order valence-corrected chi connectivity index (χ3v) is 4.61. The van der Waals surface area contributed by atoms with E-state index < -0.39 is 0 Å². The molecule has 7 nitrogen and oxygen atoms in total. The van der Waals surface area contributed by atoms with Crippen molar-refractivity contribution in [1.82, 2.24) is 9.80 Å². The van der Waals surface area contributed by atoms with Crippen LogP contribution in [0.2, 0.25) is 0 Å². The van der Waals surface area contributed by atoms with Crippen LogP contribution in [0.5, 0.6) is 0 Å².